The van der Waals surface area contributed by atoms with Crippen molar-refractivity contribution in [2.24, 2.45) is 0 Å². The number of amides is 1. The van der Waals surface area contributed by atoms with Gasteiger partial charge >= 0.3 is 0 Å². The van der Waals surface area contributed by atoms with Crippen molar-refractivity contribution in [3.63, 3.8) is 0 Å². The summed E-state index contributed by atoms with van der Waals surface area (Å²) in [6.07, 6.45) is 3.07. The van der Waals surface area contributed by atoms with Crippen molar-refractivity contribution >= 4 is 5.91 Å². The third kappa shape index (κ3) is 5.22. The van der Waals surface area contributed by atoms with Gasteiger partial charge in [0.05, 0.1) is 6.61 Å². The van der Waals surface area contributed by atoms with Crippen molar-refractivity contribution in [3.8, 4) is 5.75 Å². The standard InChI is InChI=1S/C18H28N2O3/c1-3-20-10-5-4-8-16(20)12-19-18(22)14(2)23-17-9-6-7-15(11-17)13-21/h6-7,9,11,14,16,21H,3-5,8,10,12-13H2,1-2H3,(H,19,22). The fraction of sp³-hybridized carbons (Fsp3) is 0.611. The van der Waals surface area contributed by atoms with Crippen molar-refractivity contribution < 1.29 is 14.6 Å². The van der Waals surface area contributed by atoms with Gasteiger partial charge in [-0.1, -0.05) is 25.5 Å². The maximum absolute atomic E-state index is 12.2. The molecule has 1 fully saturated rings. The molecule has 2 unspecified atom stereocenters. The third-order valence-electron chi connectivity index (χ3n) is 4.43. The van der Waals surface area contributed by atoms with Crippen LogP contribution in [-0.4, -0.2) is 47.7 Å². The van der Waals surface area contributed by atoms with Gasteiger partial charge in [-0.2, -0.15) is 0 Å². The van der Waals surface area contributed by atoms with Gasteiger partial charge < -0.3 is 15.2 Å². The molecule has 1 saturated heterocycles. The smallest absolute Gasteiger partial charge is 0.260 e. The van der Waals surface area contributed by atoms with E-state index in [4.69, 9.17) is 9.84 Å². The summed E-state index contributed by atoms with van der Waals surface area (Å²) in [6, 6.07) is 7.61. The van der Waals surface area contributed by atoms with Crippen molar-refractivity contribution in [2.45, 2.75) is 51.9 Å². The second kappa shape index (κ2) is 8.89. The molecule has 2 rings (SSSR count). The number of likely N-dealkylation sites (N-methyl/N-ethyl adjacent to an activating group) is 1. The first-order chi connectivity index (χ1) is 11.1. The molecule has 1 aliphatic rings. The Bertz CT molecular complexity index is 507. The lowest BCUT2D eigenvalue weighted by Gasteiger charge is -2.35. The zero-order chi connectivity index (χ0) is 16.7. The van der Waals surface area contributed by atoms with Crippen molar-refractivity contribution in [1.29, 1.82) is 0 Å². The lowest BCUT2D eigenvalue weighted by Crippen LogP contribution is -2.48. The predicted octanol–water partition coefficient (Wildman–Crippen LogP) is 1.94. The second-order valence-corrected chi connectivity index (χ2v) is 6.09. The van der Waals surface area contributed by atoms with E-state index in [2.05, 4.69) is 17.1 Å². The van der Waals surface area contributed by atoms with E-state index in [-0.39, 0.29) is 12.5 Å². The van der Waals surface area contributed by atoms with Crippen molar-refractivity contribution in [3.05, 3.63) is 29.8 Å². The molecule has 5 nitrogen and oxygen atoms in total. The van der Waals surface area contributed by atoms with Gasteiger partial charge in [0.25, 0.3) is 5.91 Å². The van der Waals surface area contributed by atoms with Crippen LogP contribution in [0.4, 0.5) is 0 Å². The van der Waals surface area contributed by atoms with Crippen LogP contribution in [0.2, 0.25) is 0 Å². The fourth-order valence-electron chi connectivity index (χ4n) is 3.04. The zero-order valence-corrected chi connectivity index (χ0v) is 14.1. The Morgan fingerprint density at radius 2 is 2.30 bits per heavy atom. The first-order valence-corrected chi connectivity index (χ1v) is 8.52. The molecule has 23 heavy (non-hydrogen) atoms. The molecule has 0 aliphatic carbocycles. The molecule has 0 radical (unpaired) electrons. The summed E-state index contributed by atoms with van der Waals surface area (Å²) in [5, 5.41) is 12.2. The molecular weight excluding hydrogens is 292 g/mol. The number of nitrogens with one attached hydrogen (secondary N) is 1. The summed E-state index contributed by atoms with van der Waals surface area (Å²) in [4.78, 5) is 14.7. The lowest BCUT2D eigenvalue weighted by atomic mass is 10.0. The van der Waals surface area contributed by atoms with E-state index in [1.807, 2.05) is 12.1 Å². The van der Waals surface area contributed by atoms with Crippen LogP contribution in [-0.2, 0) is 11.4 Å². The number of aliphatic hydroxyl groups excluding tert-OH is 1. The minimum absolute atomic E-state index is 0.0354. The summed E-state index contributed by atoms with van der Waals surface area (Å²) < 4.78 is 5.67. The van der Waals surface area contributed by atoms with Gasteiger partial charge in [0.2, 0.25) is 0 Å². The van der Waals surface area contributed by atoms with Gasteiger partial charge in [0, 0.05) is 12.6 Å². The monoisotopic (exact) mass is 320 g/mol. The number of hydrogen-bond donors (Lipinski definition) is 2. The predicted molar refractivity (Wildman–Crippen MR) is 90.4 cm³/mol. The Hall–Kier alpha value is -1.59. The molecule has 5 heteroatoms. The number of likely N-dealkylation sites (tertiary alicyclic amines) is 1. The summed E-state index contributed by atoms with van der Waals surface area (Å²) in [7, 11) is 0. The highest BCUT2D eigenvalue weighted by atomic mass is 16.5. The maximum Gasteiger partial charge on any atom is 0.260 e. The molecule has 2 N–H and O–H groups in total. The quantitative estimate of drug-likeness (QED) is 0.806. The number of carbonyl (C=O) groups excluding carboxylic acids is 1. The largest absolute Gasteiger partial charge is 0.481 e. The normalized spacial score (nSPS) is 20.0. The number of nitrogens with zero attached hydrogens (tertiary/aromatic N) is 1. The van der Waals surface area contributed by atoms with E-state index in [0.29, 0.717) is 18.3 Å². The zero-order valence-electron chi connectivity index (χ0n) is 14.1. The second-order valence-electron chi connectivity index (χ2n) is 6.09. The highest BCUT2D eigenvalue weighted by Gasteiger charge is 2.22. The number of aliphatic hydroxyl groups is 1. The highest BCUT2D eigenvalue weighted by molar-refractivity contribution is 5.80. The van der Waals surface area contributed by atoms with Crippen LogP contribution in [0.5, 0.6) is 5.75 Å². The van der Waals surface area contributed by atoms with E-state index in [1.165, 1.54) is 12.8 Å². The Morgan fingerprint density at radius 1 is 1.48 bits per heavy atom. The number of ether oxygens (including phenoxy) is 1. The Balaban J connectivity index is 1.82. The molecule has 1 aromatic carbocycles. The van der Waals surface area contributed by atoms with Gasteiger partial charge in [-0.05, 0) is 50.6 Å². The van der Waals surface area contributed by atoms with Crippen LogP contribution >= 0.6 is 0 Å². The van der Waals surface area contributed by atoms with Crippen LogP contribution < -0.4 is 10.1 Å². The molecule has 2 atom stereocenters. The van der Waals surface area contributed by atoms with E-state index >= 15 is 0 Å². The van der Waals surface area contributed by atoms with Crippen molar-refractivity contribution in [2.75, 3.05) is 19.6 Å². The summed E-state index contributed by atoms with van der Waals surface area (Å²) in [5.41, 5.74) is 0.774. The van der Waals surface area contributed by atoms with E-state index < -0.39 is 6.10 Å². The van der Waals surface area contributed by atoms with Gasteiger partial charge in [0.1, 0.15) is 5.75 Å². The fourth-order valence-corrected chi connectivity index (χ4v) is 3.04. The maximum atomic E-state index is 12.2. The Labute approximate surface area is 138 Å². The molecule has 1 amide bonds. The summed E-state index contributed by atoms with van der Waals surface area (Å²) in [5.74, 6) is 0.507. The van der Waals surface area contributed by atoms with Crippen LogP contribution in [0.1, 0.15) is 38.7 Å². The first-order valence-electron chi connectivity index (χ1n) is 8.52. The Morgan fingerprint density at radius 3 is 3.04 bits per heavy atom. The van der Waals surface area contributed by atoms with Gasteiger partial charge in [0.15, 0.2) is 6.10 Å². The number of rotatable bonds is 7. The van der Waals surface area contributed by atoms with Crippen LogP contribution in [0.25, 0.3) is 0 Å². The topological polar surface area (TPSA) is 61.8 Å². The minimum atomic E-state index is -0.553. The molecule has 1 heterocycles. The third-order valence-corrected chi connectivity index (χ3v) is 4.43. The van der Waals surface area contributed by atoms with Gasteiger partial charge in [-0.3, -0.25) is 9.69 Å². The molecule has 1 aliphatic heterocycles. The molecule has 0 bridgehead atoms. The first kappa shape index (κ1) is 17.8. The van der Waals surface area contributed by atoms with E-state index in [9.17, 15) is 4.79 Å². The van der Waals surface area contributed by atoms with Gasteiger partial charge in [-0.25, -0.2) is 0 Å². The molecular formula is C18H28N2O3. The van der Waals surface area contributed by atoms with E-state index in [0.717, 1.165) is 25.1 Å². The number of hydrogen-bond acceptors (Lipinski definition) is 4. The van der Waals surface area contributed by atoms with Crippen LogP contribution in [0, 0.1) is 0 Å². The lowest BCUT2D eigenvalue weighted by molar-refractivity contribution is -0.127. The van der Waals surface area contributed by atoms with Crippen LogP contribution in [0.3, 0.4) is 0 Å². The highest BCUT2D eigenvalue weighted by Crippen LogP contribution is 2.17. The minimum Gasteiger partial charge on any atom is -0.481 e. The van der Waals surface area contributed by atoms with Crippen molar-refractivity contribution in [1.82, 2.24) is 10.2 Å². The number of carbonyl (C=O) groups is 1. The average molecular weight is 320 g/mol. The number of piperidine rings is 1. The SMILES string of the molecule is CCN1CCCCC1CNC(=O)C(C)Oc1cccc(CO)c1. The molecule has 1 aromatic rings. The van der Waals surface area contributed by atoms with Crippen LogP contribution in [0.15, 0.2) is 24.3 Å². The molecule has 0 saturated carbocycles. The molecule has 0 aromatic heterocycles. The van der Waals surface area contributed by atoms with Gasteiger partial charge in [-0.15, -0.1) is 0 Å². The molecule has 0 spiro atoms. The number of benzene rings is 1. The Kier molecular flexibility index (Phi) is 6.86. The summed E-state index contributed by atoms with van der Waals surface area (Å²) in [6.45, 7) is 6.71. The molecule has 128 valence electrons. The summed E-state index contributed by atoms with van der Waals surface area (Å²) >= 11 is 0. The van der Waals surface area contributed by atoms with E-state index in [1.54, 1.807) is 19.1 Å². The average Bonchev–Trinajstić information content (AvgIpc) is 2.59.